The summed E-state index contributed by atoms with van der Waals surface area (Å²) in [5.74, 6) is -3.71. The number of aromatic nitrogens is 6. The van der Waals surface area contributed by atoms with Crippen LogP contribution in [-0.2, 0) is 14.3 Å². The fraction of sp³-hybridized carbons (Fsp3) is 0.500. The zero-order valence-corrected chi connectivity index (χ0v) is 45.3. The highest BCUT2D eigenvalue weighted by Gasteiger charge is 2.49. The number of anilines is 3. The third kappa shape index (κ3) is 11.5. The first-order valence-corrected chi connectivity index (χ1v) is 28.0. The van der Waals surface area contributed by atoms with Crippen molar-refractivity contribution in [1.29, 1.82) is 0 Å². The molecule has 9 heterocycles. The number of alkyl halides is 2. The standard InChI is InChI=1S/C56H66F2N12O8S/c1-31(2)51(55(74)69-28-38(71)20-45(69)54(73)63-32(3)34-9-12-42(61-25-34)52-33(4)62-30-79-52)47-24-50(66-78-47)75-18-17-67-16-14-48(56(57,58)29-67)76-39-21-40(22-39)77-49-19-35(13-15-60-49)70-36-10-11-37(70)27-68(26-36)44-23-43(64-65-53(44)59)41-7-5-6-8-46(41)72/h5-9,12-13,15,19,23-25,30-32,36-40,45,48,51,71-72H,10-11,14,16-18,20-22,26-29H2,1-4H3,(H2,59,65)(H,63,73)/t32-,36+,37?,38+,39?,40?,45-,48?,51+/m0/s1. The second-order valence-electron chi connectivity index (χ2n) is 21.9. The van der Waals surface area contributed by atoms with Crippen molar-refractivity contribution < 1.29 is 47.3 Å². The van der Waals surface area contributed by atoms with Gasteiger partial charge in [-0.2, -0.15) is 0 Å². The number of hydrogen-bond donors (Lipinski definition) is 4. The van der Waals surface area contributed by atoms with E-state index < -0.39 is 54.5 Å². The molecular weight excluding hydrogens is 1040 g/mol. The Morgan fingerprint density at radius 3 is 2.46 bits per heavy atom. The molecule has 418 valence electrons. The Morgan fingerprint density at radius 2 is 1.73 bits per heavy atom. The number of rotatable bonds is 18. The summed E-state index contributed by atoms with van der Waals surface area (Å²) in [6.45, 7) is 9.03. The van der Waals surface area contributed by atoms with Gasteiger partial charge in [0.2, 0.25) is 17.7 Å². The van der Waals surface area contributed by atoms with Gasteiger partial charge >= 0.3 is 0 Å². The van der Waals surface area contributed by atoms with Crippen molar-refractivity contribution in [3.63, 3.8) is 0 Å². The molecule has 6 aromatic rings. The van der Waals surface area contributed by atoms with Crippen molar-refractivity contribution in [3.05, 3.63) is 95.6 Å². The fourth-order valence-electron chi connectivity index (χ4n) is 11.8. The predicted octanol–water partition coefficient (Wildman–Crippen LogP) is 6.79. The summed E-state index contributed by atoms with van der Waals surface area (Å²) in [6, 6.07) is 17.3. The van der Waals surface area contributed by atoms with Crippen molar-refractivity contribution in [2.24, 2.45) is 5.92 Å². The van der Waals surface area contributed by atoms with Crippen molar-refractivity contribution in [3.8, 4) is 39.3 Å². The minimum Gasteiger partial charge on any atom is -0.507 e. The number of aliphatic hydroxyl groups excluding tert-OH is 1. The molecule has 23 heteroatoms. The number of piperazine rings is 1. The molecule has 1 aromatic carbocycles. The van der Waals surface area contributed by atoms with Gasteiger partial charge in [-0.3, -0.25) is 19.5 Å². The molecule has 5 aromatic heterocycles. The van der Waals surface area contributed by atoms with Crippen LogP contribution in [-0.4, -0.2) is 156 Å². The SMILES string of the molecule is Cc1ncsc1-c1ccc([C@H](C)NC(=O)[C@@H]2C[C@@H](O)CN2C(=O)[C@@H](c2cc(OCCN3CCC(OC4CC(Oc5cc(N6C7CC[C@@H]6CN(c6cc(-c8ccccc8O)nnc6N)C7)ccn5)C4)C(F)(F)C3)no2)C(C)C)cn1. The number of amides is 2. The van der Waals surface area contributed by atoms with Gasteiger partial charge < -0.3 is 54.7 Å². The molecule has 1 aliphatic carbocycles. The molecule has 4 saturated heterocycles. The van der Waals surface area contributed by atoms with Gasteiger partial charge in [-0.25, -0.2) is 18.7 Å². The van der Waals surface area contributed by atoms with Gasteiger partial charge in [0.15, 0.2) is 11.6 Å². The van der Waals surface area contributed by atoms with Crippen LogP contribution >= 0.6 is 11.3 Å². The second kappa shape index (κ2) is 22.6. The van der Waals surface area contributed by atoms with Gasteiger partial charge in [-0.05, 0) is 80.1 Å². The highest BCUT2D eigenvalue weighted by Crippen LogP contribution is 2.42. The average molecular weight is 1110 g/mol. The Balaban J connectivity index is 0.620. The van der Waals surface area contributed by atoms with E-state index in [0.29, 0.717) is 42.3 Å². The maximum absolute atomic E-state index is 15.7. The number of carbonyl (C=O) groups excluding carboxylic acids is 2. The van der Waals surface area contributed by atoms with E-state index in [1.54, 1.807) is 41.0 Å². The number of aryl methyl sites for hydroxylation is 1. The lowest BCUT2D eigenvalue weighted by Gasteiger charge is -2.44. The van der Waals surface area contributed by atoms with Crippen LogP contribution in [0.5, 0.6) is 17.5 Å². The molecule has 11 rings (SSSR count). The average Bonchev–Trinajstić information content (AvgIpc) is 4.34. The molecule has 5 N–H and O–H groups in total. The van der Waals surface area contributed by atoms with Crippen LogP contribution in [0.15, 0.2) is 83.1 Å². The molecule has 20 nitrogen and oxygen atoms in total. The number of aliphatic hydroxyl groups is 1. The third-order valence-electron chi connectivity index (χ3n) is 16.0. The number of pyridine rings is 2. The third-order valence-corrected chi connectivity index (χ3v) is 17.0. The van der Waals surface area contributed by atoms with Crippen LogP contribution in [0.1, 0.15) is 88.3 Å². The number of ether oxygens (including phenoxy) is 3. The smallest absolute Gasteiger partial charge is 0.286 e. The van der Waals surface area contributed by atoms with E-state index in [1.165, 1.54) is 22.3 Å². The minimum atomic E-state index is -3.09. The summed E-state index contributed by atoms with van der Waals surface area (Å²) >= 11 is 1.51. The van der Waals surface area contributed by atoms with Crippen molar-refractivity contribution in [2.45, 2.75) is 127 Å². The number of thiazole rings is 1. The van der Waals surface area contributed by atoms with Crippen LogP contribution in [0, 0.1) is 12.8 Å². The number of piperidine rings is 1. The molecule has 0 radical (unpaired) electrons. The topological polar surface area (TPSA) is 244 Å². The van der Waals surface area contributed by atoms with Gasteiger partial charge in [0.1, 0.15) is 36.5 Å². The Bertz CT molecular complexity index is 3110. The normalized spacial score (nSPS) is 24.6. The summed E-state index contributed by atoms with van der Waals surface area (Å²) in [6.07, 6.45) is 3.93. The summed E-state index contributed by atoms with van der Waals surface area (Å²) < 4.78 is 55.1. The lowest BCUT2D eigenvalue weighted by Crippen LogP contribution is -2.55. The zero-order valence-electron chi connectivity index (χ0n) is 44.5. The largest absolute Gasteiger partial charge is 0.507 e. The van der Waals surface area contributed by atoms with Crippen molar-refractivity contribution in [1.82, 2.24) is 45.4 Å². The van der Waals surface area contributed by atoms with Gasteiger partial charge in [0.25, 0.3) is 11.8 Å². The van der Waals surface area contributed by atoms with Gasteiger partial charge in [-0.1, -0.05) is 32.0 Å². The Morgan fingerprint density at radius 1 is 0.937 bits per heavy atom. The lowest BCUT2D eigenvalue weighted by molar-refractivity contribution is -0.210. The Kier molecular flexibility index (Phi) is 15.4. The van der Waals surface area contributed by atoms with Crippen molar-refractivity contribution in [2.75, 3.05) is 61.4 Å². The van der Waals surface area contributed by atoms with E-state index in [4.69, 9.17) is 24.5 Å². The number of hydrogen-bond acceptors (Lipinski definition) is 19. The zero-order chi connectivity index (χ0) is 55.1. The maximum atomic E-state index is 15.7. The van der Waals surface area contributed by atoms with Gasteiger partial charge in [-0.15, -0.1) is 21.5 Å². The molecule has 0 spiro atoms. The molecule has 79 heavy (non-hydrogen) atoms. The summed E-state index contributed by atoms with van der Waals surface area (Å²) in [4.78, 5) is 50.0. The van der Waals surface area contributed by atoms with Crippen LogP contribution in [0.4, 0.5) is 26.0 Å². The number of phenols is 1. The van der Waals surface area contributed by atoms with E-state index >= 15 is 8.78 Å². The number of β-amino-alcohol motifs (C(OH)–C–C–N with tert-alkyl or cyclic N) is 1. The number of likely N-dealkylation sites (tertiary alicyclic amines) is 2. The summed E-state index contributed by atoms with van der Waals surface area (Å²) in [5, 5.41) is 36.7. The number of nitrogens with zero attached hydrogens (tertiary/aromatic N) is 10. The van der Waals surface area contributed by atoms with E-state index in [9.17, 15) is 19.8 Å². The number of fused-ring (bicyclic) bond motifs is 2. The van der Waals surface area contributed by atoms with Crippen molar-refractivity contribution >= 4 is 40.3 Å². The molecule has 5 fully saturated rings. The number of nitrogens with one attached hydrogen (secondary N) is 1. The molecule has 1 saturated carbocycles. The first-order valence-electron chi connectivity index (χ1n) is 27.1. The predicted molar refractivity (Wildman–Crippen MR) is 290 cm³/mol. The van der Waals surface area contributed by atoms with Crippen LogP contribution < -0.4 is 30.3 Å². The van der Waals surface area contributed by atoms with E-state index in [2.05, 4.69) is 45.4 Å². The number of halogens is 2. The summed E-state index contributed by atoms with van der Waals surface area (Å²) in [7, 11) is 0. The Hall–Kier alpha value is -7.08. The van der Waals surface area contributed by atoms with E-state index in [0.717, 1.165) is 59.1 Å². The second-order valence-corrected chi connectivity index (χ2v) is 22.7. The first kappa shape index (κ1) is 53.9. The molecule has 4 aliphatic heterocycles. The quantitative estimate of drug-likeness (QED) is 0.0692. The van der Waals surface area contributed by atoms with Crippen LogP contribution in [0.25, 0.3) is 21.8 Å². The number of nitrogens with two attached hydrogens (primary N) is 1. The number of benzene rings is 1. The number of nitrogen functional groups attached to an aromatic ring is 1. The highest BCUT2D eigenvalue weighted by atomic mass is 32.1. The lowest BCUT2D eigenvalue weighted by atomic mass is 9.91. The highest BCUT2D eigenvalue weighted by molar-refractivity contribution is 7.13. The minimum absolute atomic E-state index is 0.0244. The van der Waals surface area contributed by atoms with E-state index in [-0.39, 0.29) is 80.1 Å². The molecule has 2 unspecified atom stereocenters. The molecule has 7 atom stereocenters. The van der Waals surface area contributed by atoms with E-state index in [1.807, 2.05) is 64.1 Å². The molecular formula is C56H66F2N12O8S. The van der Waals surface area contributed by atoms with Crippen LogP contribution in [0.3, 0.4) is 0 Å². The maximum Gasteiger partial charge on any atom is 0.286 e. The number of aromatic hydroxyl groups is 1. The molecule has 5 aliphatic rings. The fourth-order valence-corrected chi connectivity index (χ4v) is 12.6. The number of para-hydroxylation sites is 1. The molecule has 2 amide bonds. The Labute approximate surface area is 460 Å². The number of carbonyl (C=O) groups is 2. The monoisotopic (exact) mass is 1100 g/mol. The first-order chi connectivity index (χ1) is 38.0. The summed E-state index contributed by atoms with van der Waals surface area (Å²) in [5.41, 5.74) is 13.5. The van der Waals surface area contributed by atoms with Gasteiger partial charge in [0, 0.05) is 99.8 Å². The van der Waals surface area contributed by atoms with Crippen LogP contribution in [0.2, 0.25) is 0 Å². The molecule has 2 bridgehead atoms. The number of phenolic OH excluding ortho intramolecular Hbond substituents is 1. The van der Waals surface area contributed by atoms with Gasteiger partial charge in [0.05, 0.1) is 58.0 Å².